The first-order chi connectivity index (χ1) is 6.81. The molecule has 0 saturated heterocycles. The average molecular weight is 187 g/mol. The summed E-state index contributed by atoms with van der Waals surface area (Å²) in [7, 11) is 0. The van der Waals surface area contributed by atoms with Gasteiger partial charge in [0, 0.05) is 6.42 Å². The van der Waals surface area contributed by atoms with Crippen molar-refractivity contribution in [1.29, 1.82) is 5.26 Å². The van der Waals surface area contributed by atoms with E-state index in [0.29, 0.717) is 12.2 Å². The number of ether oxygens (including phenoxy) is 1. The molecule has 0 aliphatic carbocycles. The molecule has 70 valence electrons. The summed E-state index contributed by atoms with van der Waals surface area (Å²) in [5.41, 5.74) is 2.35. The highest BCUT2D eigenvalue weighted by molar-refractivity contribution is 5.71. The molecule has 1 N–H and O–H groups in total. The lowest BCUT2D eigenvalue weighted by Crippen LogP contribution is -1.87. The van der Waals surface area contributed by atoms with Crippen LogP contribution in [0.3, 0.4) is 0 Å². The fourth-order valence-corrected chi connectivity index (χ4v) is 1.49. The van der Waals surface area contributed by atoms with E-state index < -0.39 is 0 Å². The Bertz CT molecular complexity index is 429. The van der Waals surface area contributed by atoms with E-state index in [1.807, 2.05) is 0 Å². The van der Waals surface area contributed by atoms with Crippen LogP contribution >= 0.6 is 0 Å². The first-order valence-electron chi connectivity index (χ1n) is 4.35. The molecule has 2 rings (SSSR count). The molecule has 1 aromatic carbocycles. The Hall–Kier alpha value is -1.95. The van der Waals surface area contributed by atoms with Gasteiger partial charge in [-0.2, -0.15) is 5.26 Å². The van der Waals surface area contributed by atoms with Gasteiger partial charge >= 0.3 is 0 Å². The second-order valence-electron chi connectivity index (χ2n) is 3.11. The number of hydrogen-bond acceptors (Lipinski definition) is 3. The van der Waals surface area contributed by atoms with Crippen LogP contribution < -0.4 is 0 Å². The van der Waals surface area contributed by atoms with Crippen molar-refractivity contribution in [3.8, 4) is 11.8 Å². The lowest BCUT2D eigenvalue weighted by molar-refractivity contribution is 0.281. The van der Waals surface area contributed by atoms with Crippen molar-refractivity contribution in [2.75, 3.05) is 6.61 Å². The number of phenolic OH excluding ortho intramolecular Hbond substituents is 1. The SMILES string of the molecule is N#Cc1cc(O)ccc1C1=COCC1. The molecule has 1 aliphatic heterocycles. The Morgan fingerprint density at radius 3 is 2.93 bits per heavy atom. The van der Waals surface area contributed by atoms with Crippen molar-refractivity contribution in [3.63, 3.8) is 0 Å². The fourth-order valence-electron chi connectivity index (χ4n) is 1.49. The van der Waals surface area contributed by atoms with Crippen LogP contribution in [-0.4, -0.2) is 11.7 Å². The van der Waals surface area contributed by atoms with E-state index in [1.54, 1.807) is 18.4 Å². The van der Waals surface area contributed by atoms with E-state index in [-0.39, 0.29) is 5.75 Å². The Balaban J connectivity index is 2.48. The Kier molecular flexibility index (Phi) is 2.11. The van der Waals surface area contributed by atoms with Gasteiger partial charge in [-0.1, -0.05) is 0 Å². The molecule has 1 aromatic rings. The molecule has 3 heteroatoms. The van der Waals surface area contributed by atoms with Crippen LogP contribution in [0, 0.1) is 11.3 Å². The van der Waals surface area contributed by atoms with Gasteiger partial charge in [0.25, 0.3) is 0 Å². The first kappa shape index (κ1) is 8.64. The Labute approximate surface area is 81.9 Å². The zero-order valence-electron chi connectivity index (χ0n) is 7.53. The summed E-state index contributed by atoms with van der Waals surface area (Å²) in [6, 6.07) is 6.85. The molecule has 3 nitrogen and oxygen atoms in total. The number of rotatable bonds is 1. The Morgan fingerprint density at radius 1 is 1.43 bits per heavy atom. The molecule has 0 atom stereocenters. The monoisotopic (exact) mass is 187 g/mol. The van der Waals surface area contributed by atoms with Crippen molar-refractivity contribution >= 4 is 5.57 Å². The molecule has 0 spiro atoms. The van der Waals surface area contributed by atoms with E-state index in [1.165, 1.54) is 6.07 Å². The van der Waals surface area contributed by atoms with Gasteiger partial charge in [0.1, 0.15) is 5.75 Å². The van der Waals surface area contributed by atoms with Crippen LogP contribution in [0.15, 0.2) is 24.5 Å². The van der Waals surface area contributed by atoms with Crippen LogP contribution in [0.5, 0.6) is 5.75 Å². The maximum atomic E-state index is 9.21. The lowest BCUT2D eigenvalue weighted by atomic mass is 10.00. The van der Waals surface area contributed by atoms with E-state index in [2.05, 4.69) is 6.07 Å². The molecule has 0 bridgehead atoms. The zero-order valence-corrected chi connectivity index (χ0v) is 7.53. The summed E-state index contributed by atoms with van der Waals surface area (Å²) >= 11 is 0. The van der Waals surface area contributed by atoms with Gasteiger partial charge in [-0.25, -0.2) is 0 Å². The molecule has 1 heterocycles. The fraction of sp³-hybridized carbons (Fsp3) is 0.182. The highest BCUT2D eigenvalue weighted by Crippen LogP contribution is 2.27. The number of hydrogen-bond donors (Lipinski definition) is 1. The van der Waals surface area contributed by atoms with Crippen LogP contribution in [0.4, 0.5) is 0 Å². The van der Waals surface area contributed by atoms with E-state index in [4.69, 9.17) is 10.00 Å². The molecule has 0 aromatic heterocycles. The summed E-state index contributed by atoms with van der Waals surface area (Å²) in [6.45, 7) is 0.668. The molecule has 1 aliphatic rings. The molecule has 0 fully saturated rings. The molecular formula is C11H9NO2. The zero-order chi connectivity index (χ0) is 9.97. The average Bonchev–Trinajstić information content (AvgIpc) is 2.70. The van der Waals surface area contributed by atoms with Crippen LogP contribution in [-0.2, 0) is 4.74 Å². The summed E-state index contributed by atoms with van der Waals surface area (Å²) in [6.07, 6.45) is 2.49. The summed E-state index contributed by atoms with van der Waals surface area (Å²) in [5, 5.41) is 18.1. The third kappa shape index (κ3) is 1.42. The van der Waals surface area contributed by atoms with Crippen molar-refractivity contribution in [1.82, 2.24) is 0 Å². The summed E-state index contributed by atoms with van der Waals surface area (Å²) in [5.74, 6) is 0.116. The molecule has 0 unspecified atom stereocenters. The second-order valence-corrected chi connectivity index (χ2v) is 3.11. The van der Waals surface area contributed by atoms with Crippen molar-refractivity contribution < 1.29 is 9.84 Å². The van der Waals surface area contributed by atoms with Gasteiger partial charge in [0.2, 0.25) is 0 Å². The molecule has 0 radical (unpaired) electrons. The minimum atomic E-state index is 0.116. The van der Waals surface area contributed by atoms with Gasteiger partial charge < -0.3 is 9.84 Å². The maximum Gasteiger partial charge on any atom is 0.116 e. The van der Waals surface area contributed by atoms with Crippen LogP contribution in [0.1, 0.15) is 17.5 Å². The number of nitriles is 1. The predicted octanol–water partition coefficient (Wildman–Crippen LogP) is 2.03. The van der Waals surface area contributed by atoms with Crippen LogP contribution in [0.2, 0.25) is 0 Å². The minimum absolute atomic E-state index is 0.116. The normalized spacial score (nSPS) is 14.4. The maximum absolute atomic E-state index is 9.21. The second kappa shape index (κ2) is 3.43. The van der Waals surface area contributed by atoms with Crippen LogP contribution in [0.25, 0.3) is 5.57 Å². The van der Waals surface area contributed by atoms with Gasteiger partial charge in [-0.15, -0.1) is 0 Å². The first-order valence-corrected chi connectivity index (χ1v) is 4.35. The highest BCUT2D eigenvalue weighted by atomic mass is 16.5. The molecule has 0 saturated carbocycles. The molecular weight excluding hydrogens is 178 g/mol. The predicted molar refractivity (Wildman–Crippen MR) is 51.4 cm³/mol. The quantitative estimate of drug-likeness (QED) is 0.731. The van der Waals surface area contributed by atoms with Gasteiger partial charge in [0.05, 0.1) is 24.5 Å². The number of benzene rings is 1. The molecule has 0 amide bonds. The number of phenols is 1. The Morgan fingerprint density at radius 2 is 2.29 bits per heavy atom. The van der Waals surface area contributed by atoms with E-state index in [9.17, 15) is 5.11 Å². The third-order valence-corrected chi connectivity index (χ3v) is 2.18. The summed E-state index contributed by atoms with van der Waals surface area (Å²) in [4.78, 5) is 0. The number of aromatic hydroxyl groups is 1. The topological polar surface area (TPSA) is 53.2 Å². The minimum Gasteiger partial charge on any atom is -0.508 e. The smallest absolute Gasteiger partial charge is 0.116 e. The third-order valence-electron chi connectivity index (χ3n) is 2.18. The molecule has 14 heavy (non-hydrogen) atoms. The van der Waals surface area contributed by atoms with Gasteiger partial charge in [-0.3, -0.25) is 0 Å². The van der Waals surface area contributed by atoms with E-state index >= 15 is 0 Å². The summed E-state index contributed by atoms with van der Waals surface area (Å²) < 4.78 is 5.11. The highest BCUT2D eigenvalue weighted by Gasteiger charge is 2.12. The lowest BCUT2D eigenvalue weighted by Gasteiger charge is -2.03. The van der Waals surface area contributed by atoms with E-state index in [0.717, 1.165) is 17.6 Å². The van der Waals surface area contributed by atoms with Gasteiger partial charge in [-0.05, 0) is 29.3 Å². The number of nitrogens with zero attached hydrogens (tertiary/aromatic N) is 1. The van der Waals surface area contributed by atoms with Crippen molar-refractivity contribution in [2.24, 2.45) is 0 Å². The van der Waals surface area contributed by atoms with Gasteiger partial charge in [0.15, 0.2) is 0 Å². The van der Waals surface area contributed by atoms with Crippen molar-refractivity contribution in [3.05, 3.63) is 35.6 Å². The van der Waals surface area contributed by atoms with Crippen molar-refractivity contribution in [2.45, 2.75) is 6.42 Å². The standard InChI is InChI=1S/C11H9NO2/c12-6-9-5-10(13)1-2-11(9)8-3-4-14-7-8/h1-2,5,7,13H,3-4H2. The largest absolute Gasteiger partial charge is 0.508 e.